The van der Waals surface area contributed by atoms with Crippen molar-refractivity contribution in [1.82, 2.24) is 9.55 Å². The zero-order chi connectivity index (χ0) is 13.2. The molecule has 2 aromatic rings. The molecule has 0 spiro atoms. The topological polar surface area (TPSA) is 64.1 Å². The molecule has 5 heteroatoms. The number of ether oxygens (including phenoxy) is 1. The van der Waals surface area contributed by atoms with E-state index in [4.69, 9.17) is 4.74 Å². The maximum absolute atomic E-state index is 11.5. The summed E-state index contributed by atoms with van der Waals surface area (Å²) in [6, 6.07) is 7.48. The van der Waals surface area contributed by atoms with E-state index in [9.17, 15) is 9.59 Å². The summed E-state index contributed by atoms with van der Waals surface area (Å²) in [4.78, 5) is 24.7. The van der Waals surface area contributed by atoms with E-state index in [0.29, 0.717) is 6.54 Å². The van der Waals surface area contributed by atoms with Crippen molar-refractivity contribution < 1.29 is 4.74 Å². The second-order valence-corrected chi connectivity index (χ2v) is 4.59. The summed E-state index contributed by atoms with van der Waals surface area (Å²) in [5, 5.41) is 0. The Labute approximate surface area is 109 Å². The van der Waals surface area contributed by atoms with Crippen LogP contribution in [0.5, 0.6) is 5.75 Å². The first kappa shape index (κ1) is 11.8. The highest BCUT2D eigenvalue weighted by molar-refractivity contribution is 5.39. The van der Waals surface area contributed by atoms with Gasteiger partial charge in [0.25, 0.3) is 5.56 Å². The SMILES string of the molecule is O=c1ccn(CCc2ccc3c(c2)CCO3)c(=O)[nH]1. The Morgan fingerprint density at radius 3 is 3.00 bits per heavy atom. The number of fused-ring (bicyclic) bond motifs is 1. The van der Waals surface area contributed by atoms with Gasteiger partial charge in [0.1, 0.15) is 5.75 Å². The molecule has 0 atom stereocenters. The Balaban J connectivity index is 1.75. The third-order valence-electron chi connectivity index (χ3n) is 3.29. The molecular weight excluding hydrogens is 244 g/mol. The molecule has 5 nitrogen and oxygen atoms in total. The van der Waals surface area contributed by atoms with Crippen molar-refractivity contribution in [2.24, 2.45) is 0 Å². The molecule has 0 fully saturated rings. The quantitative estimate of drug-likeness (QED) is 0.882. The van der Waals surface area contributed by atoms with E-state index in [1.807, 2.05) is 12.1 Å². The molecule has 3 rings (SSSR count). The second-order valence-electron chi connectivity index (χ2n) is 4.59. The van der Waals surface area contributed by atoms with Gasteiger partial charge in [-0.15, -0.1) is 0 Å². The van der Waals surface area contributed by atoms with E-state index in [-0.39, 0.29) is 11.2 Å². The van der Waals surface area contributed by atoms with Crippen LogP contribution < -0.4 is 16.0 Å². The third-order valence-corrected chi connectivity index (χ3v) is 3.29. The summed E-state index contributed by atoms with van der Waals surface area (Å²) in [5.74, 6) is 0.963. The average molecular weight is 258 g/mol. The Bertz CT molecular complexity index is 715. The Morgan fingerprint density at radius 2 is 2.16 bits per heavy atom. The Morgan fingerprint density at radius 1 is 1.26 bits per heavy atom. The Hall–Kier alpha value is -2.30. The van der Waals surface area contributed by atoms with Crippen LogP contribution in [0.3, 0.4) is 0 Å². The summed E-state index contributed by atoms with van der Waals surface area (Å²) >= 11 is 0. The number of aromatic amines is 1. The van der Waals surface area contributed by atoms with Crippen LogP contribution >= 0.6 is 0 Å². The lowest BCUT2D eigenvalue weighted by atomic mass is 10.1. The lowest BCUT2D eigenvalue weighted by molar-refractivity contribution is 0.357. The van der Waals surface area contributed by atoms with Gasteiger partial charge in [-0.25, -0.2) is 4.79 Å². The van der Waals surface area contributed by atoms with Crippen LogP contribution in [0.2, 0.25) is 0 Å². The molecule has 0 saturated carbocycles. The lowest BCUT2D eigenvalue weighted by Gasteiger charge is -2.06. The normalized spacial score (nSPS) is 13.1. The minimum Gasteiger partial charge on any atom is -0.493 e. The summed E-state index contributed by atoms with van der Waals surface area (Å²) in [5.41, 5.74) is 1.67. The fraction of sp³-hybridized carbons (Fsp3) is 0.286. The largest absolute Gasteiger partial charge is 0.493 e. The van der Waals surface area contributed by atoms with Gasteiger partial charge in [0, 0.05) is 25.2 Å². The van der Waals surface area contributed by atoms with E-state index in [1.165, 1.54) is 28.0 Å². The third kappa shape index (κ3) is 2.45. The van der Waals surface area contributed by atoms with Gasteiger partial charge >= 0.3 is 5.69 Å². The van der Waals surface area contributed by atoms with Gasteiger partial charge in [-0.1, -0.05) is 12.1 Å². The number of hydrogen-bond acceptors (Lipinski definition) is 3. The summed E-state index contributed by atoms with van der Waals surface area (Å²) in [6.07, 6.45) is 3.22. The molecule has 19 heavy (non-hydrogen) atoms. The van der Waals surface area contributed by atoms with Crippen molar-refractivity contribution in [3.05, 3.63) is 62.4 Å². The molecule has 1 aromatic carbocycles. The van der Waals surface area contributed by atoms with Crippen molar-refractivity contribution in [2.75, 3.05) is 6.61 Å². The fourth-order valence-corrected chi connectivity index (χ4v) is 2.27. The number of H-pyrrole nitrogens is 1. The molecule has 1 aliphatic heterocycles. The number of benzene rings is 1. The fourth-order valence-electron chi connectivity index (χ4n) is 2.27. The highest BCUT2D eigenvalue weighted by Crippen LogP contribution is 2.25. The second kappa shape index (κ2) is 4.76. The van der Waals surface area contributed by atoms with Crippen LogP contribution in [0.25, 0.3) is 0 Å². The van der Waals surface area contributed by atoms with Gasteiger partial charge in [0.15, 0.2) is 0 Å². The van der Waals surface area contributed by atoms with Gasteiger partial charge in [0.2, 0.25) is 0 Å². The monoisotopic (exact) mass is 258 g/mol. The van der Waals surface area contributed by atoms with Crippen LogP contribution in [-0.2, 0) is 19.4 Å². The van der Waals surface area contributed by atoms with Gasteiger partial charge in [-0.2, -0.15) is 0 Å². The van der Waals surface area contributed by atoms with E-state index >= 15 is 0 Å². The van der Waals surface area contributed by atoms with Gasteiger partial charge in [-0.05, 0) is 23.6 Å². The van der Waals surface area contributed by atoms with Crippen LogP contribution in [0.1, 0.15) is 11.1 Å². The van der Waals surface area contributed by atoms with E-state index < -0.39 is 0 Å². The van der Waals surface area contributed by atoms with E-state index in [2.05, 4.69) is 11.1 Å². The standard InChI is InChI=1S/C14H14N2O3/c17-13-4-7-16(14(18)15-13)6-3-10-1-2-12-11(9-10)5-8-19-12/h1-2,4,7,9H,3,5-6,8H2,(H,15,17,18). The molecule has 98 valence electrons. The molecular formula is C14H14N2O3. The minimum atomic E-state index is -0.365. The van der Waals surface area contributed by atoms with E-state index in [1.54, 1.807) is 0 Å². The van der Waals surface area contributed by atoms with Crippen molar-refractivity contribution in [3.63, 3.8) is 0 Å². The molecule has 1 aliphatic rings. The first-order valence-corrected chi connectivity index (χ1v) is 6.27. The minimum absolute atomic E-state index is 0.364. The van der Waals surface area contributed by atoms with Gasteiger partial charge in [0.05, 0.1) is 6.61 Å². The smallest absolute Gasteiger partial charge is 0.328 e. The summed E-state index contributed by atoms with van der Waals surface area (Å²) in [6.45, 7) is 1.30. The van der Waals surface area contributed by atoms with Crippen LogP contribution in [-0.4, -0.2) is 16.2 Å². The van der Waals surface area contributed by atoms with Crippen molar-refractivity contribution in [3.8, 4) is 5.75 Å². The number of aryl methyl sites for hydroxylation is 2. The highest BCUT2D eigenvalue weighted by atomic mass is 16.5. The molecule has 0 unspecified atom stereocenters. The molecule has 1 aromatic heterocycles. The van der Waals surface area contributed by atoms with Crippen LogP contribution in [0.4, 0.5) is 0 Å². The lowest BCUT2D eigenvalue weighted by Crippen LogP contribution is -2.29. The van der Waals surface area contributed by atoms with Crippen molar-refractivity contribution in [2.45, 2.75) is 19.4 Å². The number of hydrogen-bond donors (Lipinski definition) is 1. The number of aromatic nitrogens is 2. The first-order valence-electron chi connectivity index (χ1n) is 6.27. The molecule has 2 heterocycles. The number of rotatable bonds is 3. The molecule has 0 saturated heterocycles. The molecule has 0 bridgehead atoms. The maximum Gasteiger partial charge on any atom is 0.328 e. The molecule has 0 radical (unpaired) electrons. The predicted molar refractivity (Wildman–Crippen MR) is 70.7 cm³/mol. The zero-order valence-electron chi connectivity index (χ0n) is 10.4. The van der Waals surface area contributed by atoms with Crippen molar-refractivity contribution >= 4 is 0 Å². The first-order chi connectivity index (χ1) is 9.22. The van der Waals surface area contributed by atoms with E-state index in [0.717, 1.165) is 25.2 Å². The average Bonchev–Trinajstić information content (AvgIpc) is 2.85. The Kier molecular flexibility index (Phi) is 2.95. The number of nitrogens with one attached hydrogen (secondary N) is 1. The van der Waals surface area contributed by atoms with Crippen molar-refractivity contribution in [1.29, 1.82) is 0 Å². The van der Waals surface area contributed by atoms with Gasteiger partial charge < -0.3 is 9.30 Å². The summed E-state index contributed by atoms with van der Waals surface area (Å²) in [7, 11) is 0. The van der Waals surface area contributed by atoms with Crippen LogP contribution in [0, 0.1) is 0 Å². The zero-order valence-corrected chi connectivity index (χ0v) is 10.4. The molecule has 0 aliphatic carbocycles. The number of nitrogens with zero attached hydrogens (tertiary/aromatic N) is 1. The van der Waals surface area contributed by atoms with Crippen LogP contribution in [0.15, 0.2) is 40.1 Å². The molecule has 1 N–H and O–H groups in total. The summed E-state index contributed by atoms with van der Waals surface area (Å²) < 4.78 is 6.96. The molecule has 0 amide bonds. The highest BCUT2D eigenvalue weighted by Gasteiger charge is 2.11. The van der Waals surface area contributed by atoms with Gasteiger partial charge in [-0.3, -0.25) is 9.78 Å². The maximum atomic E-state index is 11.5. The predicted octanol–water partition coefficient (Wildman–Crippen LogP) is 0.714.